The van der Waals surface area contributed by atoms with Crippen LogP contribution in [0.5, 0.6) is 0 Å². The number of ether oxygens (including phenoxy) is 2. The summed E-state index contributed by atoms with van der Waals surface area (Å²) in [6.07, 6.45) is 5.00. The summed E-state index contributed by atoms with van der Waals surface area (Å²) in [6, 6.07) is 9.98. The standard InChI is InChI=1S/C18H20N2O3/c1-3-18(10-22-11-18)12-23-17(21)16-9-19-13-20(16)14(2)15-7-5-4-6-8-15/h3-9,13-14H,1,10-12H2,2H3/t14-/m1/s1. The van der Waals surface area contributed by atoms with Gasteiger partial charge in [0.1, 0.15) is 12.3 Å². The molecular weight excluding hydrogens is 292 g/mol. The Balaban J connectivity index is 1.72. The van der Waals surface area contributed by atoms with E-state index >= 15 is 0 Å². The van der Waals surface area contributed by atoms with Gasteiger partial charge in [0.05, 0.1) is 37.2 Å². The fourth-order valence-corrected chi connectivity index (χ4v) is 2.57. The number of aromatic nitrogens is 2. The first-order valence-electron chi connectivity index (χ1n) is 7.60. The number of hydrogen-bond donors (Lipinski definition) is 0. The average Bonchev–Trinajstić information content (AvgIpc) is 3.04. The van der Waals surface area contributed by atoms with Crippen molar-refractivity contribution < 1.29 is 14.3 Å². The molecule has 1 aromatic carbocycles. The predicted molar refractivity (Wildman–Crippen MR) is 86.2 cm³/mol. The SMILES string of the molecule is C=CC1(COC(=O)c2cncn2[C@H](C)c2ccccc2)COC1. The molecule has 0 unspecified atom stereocenters. The zero-order valence-corrected chi connectivity index (χ0v) is 13.1. The first-order chi connectivity index (χ1) is 11.2. The Kier molecular flexibility index (Phi) is 4.30. The normalized spacial score (nSPS) is 17.1. The number of carbonyl (C=O) groups is 1. The molecule has 1 aliphatic rings. The molecule has 0 aliphatic carbocycles. The van der Waals surface area contributed by atoms with Crippen LogP contribution in [0.15, 0.2) is 55.5 Å². The van der Waals surface area contributed by atoms with Crippen LogP contribution < -0.4 is 0 Å². The topological polar surface area (TPSA) is 53.3 Å². The van der Waals surface area contributed by atoms with Crippen molar-refractivity contribution in [3.05, 3.63) is 66.8 Å². The van der Waals surface area contributed by atoms with Gasteiger partial charge in [-0.05, 0) is 12.5 Å². The summed E-state index contributed by atoms with van der Waals surface area (Å²) in [5.74, 6) is -0.376. The van der Waals surface area contributed by atoms with Gasteiger partial charge in [-0.1, -0.05) is 36.4 Å². The van der Waals surface area contributed by atoms with Crippen LogP contribution in [0.25, 0.3) is 0 Å². The van der Waals surface area contributed by atoms with Gasteiger partial charge >= 0.3 is 5.97 Å². The van der Waals surface area contributed by atoms with Gasteiger partial charge in [-0.3, -0.25) is 0 Å². The largest absolute Gasteiger partial charge is 0.460 e. The van der Waals surface area contributed by atoms with E-state index in [1.54, 1.807) is 18.6 Å². The van der Waals surface area contributed by atoms with Crippen LogP contribution in [-0.2, 0) is 9.47 Å². The van der Waals surface area contributed by atoms with Crippen molar-refractivity contribution >= 4 is 5.97 Å². The van der Waals surface area contributed by atoms with Crippen molar-refractivity contribution in [1.29, 1.82) is 0 Å². The third kappa shape index (κ3) is 3.05. The molecule has 0 saturated carbocycles. The number of carbonyl (C=O) groups excluding carboxylic acids is 1. The maximum absolute atomic E-state index is 12.4. The quantitative estimate of drug-likeness (QED) is 0.608. The summed E-state index contributed by atoms with van der Waals surface area (Å²) in [5.41, 5.74) is 1.31. The fourth-order valence-electron chi connectivity index (χ4n) is 2.57. The molecule has 23 heavy (non-hydrogen) atoms. The smallest absolute Gasteiger partial charge is 0.356 e. The van der Waals surface area contributed by atoms with E-state index in [1.165, 1.54) is 0 Å². The van der Waals surface area contributed by atoms with Gasteiger partial charge in [0, 0.05) is 0 Å². The van der Waals surface area contributed by atoms with E-state index in [0.717, 1.165) is 5.56 Å². The second-order valence-electron chi connectivity index (χ2n) is 5.91. The summed E-state index contributed by atoms with van der Waals surface area (Å²) in [6.45, 7) is 7.19. The third-order valence-electron chi connectivity index (χ3n) is 4.28. The number of esters is 1. The van der Waals surface area contributed by atoms with Crippen molar-refractivity contribution in [2.45, 2.75) is 13.0 Å². The molecule has 0 N–H and O–H groups in total. The molecular formula is C18H20N2O3. The fraction of sp³-hybridized carbons (Fsp3) is 0.333. The van der Waals surface area contributed by atoms with Gasteiger partial charge in [-0.2, -0.15) is 0 Å². The Morgan fingerprint density at radius 1 is 1.48 bits per heavy atom. The highest BCUT2D eigenvalue weighted by atomic mass is 16.5. The summed E-state index contributed by atoms with van der Waals surface area (Å²) in [7, 11) is 0. The molecule has 120 valence electrons. The average molecular weight is 312 g/mol. The van der Waals surface area contributed by atoms with Crippen LogP contribution in [0, 0.1) is 5.41 Å². The highest BCUT2D eigenvalue weighted by Gasteiger charge is 2.37. The second kappa shape index (κ2) is 6.38. The van der Waals surface area contributed by atoms with Gasteiger partial charge < -0.3 is 14.0 Å². The lowest BCUT2D eigenvalue weighted by atomic mass is 9.87. The van der Waals surface area contributed by atoms with Gasteiger partial charge in [0.25, 0.3) is 0 Å². The van der Waals surface area contributed by atoms with Crippen molar-refractivity contribution in [2.75, 3.05) is 19.8 Å². The van der Waals surface area contributed by atoms with E-state index in [2.05, 4.69) is 11.6 Å². The molecule has 1 atom stereocenters. The van der Waals surface area contributed by atoms with E-state index in [-0.39, 0.29) is 24.0 Å². The molecule has 0 bridgehead atoms. The lowest BCUT2D eigenvalue weighted by Gasteiger charge is -2.37. The number of benzene rings is 1. The van der Waals surface area contributed by atoms with Crippen LogP contribution in [0.3, 0.4) is 0 Å². The Morgan fingerprint density at radius 2 is 2.22 bits per heavy atom. The van der Waals surface area contributed by atoms with Crippen LogP contribution in [-0.4, -0.2) is 35.3 Å². The molecule has 5 nitrogen and oxygen atoms in total. The molecule has 0 spiro atoms. The van der Waals surface area contributed by atoms with Crippen molar-refractivity contribution in [3.63, 3.8) is 0 Å². The molecule has 1 fully saturated rings. The Labute approximate surface area is 135 Å². The van der Waals surface area contributed by atoms with Crippen molar-refractivity contribution in [2.24, 2.45) is 5.41 Å². The Morgan fingerprint density at radius 3 is 2.83 bits per heavy atom. The monoisotopic (exact) mass is 312 g/mol. The predicted octanol–water partition coefficient (Wildman–Crippen LogP) is 2.85. The highest BCUT2D eigenvalue weighted by molar-refractivity contribution is 5.87. The molecule has 0 radical (unpaired) electrons. The maximum Gasteiger partial charge on any atom is 0.356 e. The zero-order chi connectivity index (χ0) is 16.3. The Bertz CT molecular complexity index is 689. The zero-order valence-electron chi connectivity index (χ0n) is 13.1. The summed E-state index contributed by atoms with van der Waals surface area (Å²) >= 11 is 0. The van der Waals surface area contributed by atoms with Crippen LogP contribution in [0.1, 0.15) is 29.0 Å². The Hall–Kier alpha value is -2.40. The molecule has 1 saturated heterocycles. The minimum absolute atomic E-state index is 0.00153. The third-order valence-corrected chi connectivity index (χ3v) is 4.28. The molecule has 3 rings (SSSR count). The highest BCUT2D eigenvalue weighted by Crippen LogP contribution is 2.29. The van der Waals surface area contributed by atoms with E-state index in [0.29, 0.717) is 18.9 Å². The molecule has 0 amide bonds. The lowest BCUT2D eigenvalue weighted by molar-refractivity contribution is -0.109. The van der Waals surface area contributed by atoms with Gasteiger partial charge in [0.2, 0.25) is 0 Å². The molecule has 2 heterocycles. The van der Waals surface area contributed by atoms with Gasteiger partial charge in [-0.25, -0.2) is 9.78 Å². The summed E-state index contributed by atoms with van der Waals surface area (Å²) in [5, 5.41) is 0. The van der Waals surface area contributed by atoms with E-state index in [4.69, 9.17) is 9.47 Å². The van der Waals surface area contributed by atoms with Crippen LogP contribution in [0.2, 0.25) is 0 Å². The van der Waals surface area contributed by atoms with Crippen molar-refractivity contribution in [3.8, 4) is 0 Å². The lowest BCUT2D eigenvalue weighted by Crippen LogP contribution is -2.45. The minimum Gasteiger partial charge on any atom is -0.460 e. The van der Waals surface area contributed by atoms with Crippen LogP contribution >= 0.6 is 0 Å². The van der Waals surface area contributed by atoms with E-state index in [9.17, 15) is 4.79 Å². The van der Waals surface area contributed by atoms with Gasteiger partial charge in [-0.15, -0.1) is 6.58 Å². The van der Waals surface area contributed by atoms with E-state index in [1.807, 2.05) is 41.8 Å². The number of hydrogen-bond acceptors (Lipinski definition) is 4. The second-order valence-corrected chi connectivity index (χ2v) is 5.91. The maximum atomic E-state index is 12.4. The minimum atomic E-state index is -0.376. The number of imidazole rings is 1. The molecule has 5 heteroatoms. The van der Waals surface area contributed by atoms with E-state index < -0.39 is 0 Å². The summed E-state index contributed by atoms with van der Waals surface area (Å²) < 4.78 is 12.5. The molecule has 2 aromatic rings. The van der Waals surface area contributed by atoms with Crippen LogP contribution in [0.4, 0.5) is 0 Å². The number of nitrogens with zero attached hydrogens (tertiary/aromatic N) is 2. The first-order valence-corrected chi connectivity index (χ1v) is 7.60. The van der Waals surface area contributed by atoms with Gasteiger partial charge in [0.15, 0.2) is 0 Å². The molecule has 1 aliphatic heterocycles. The molecule has 1 aromatic heterocycles. The van der Waals surface area contributed by atoms with Crippen molar-refractivity contribution in [1.82, 2.24) is 9.55 Å². The first kappa shape index (κ1) is 15.5. The number of rotatable bonds is 6. The summed E-state index contributed by atoms with van der Waals surface area (Å²) in [4.78, 5) is 16.5.